The molecule has 128 valence electrons. The molecule has 0 atom stereocenters. The van der Waals surface area contributed by atoms with Crippen molar-refractivity contribution in [1.82, 2.24) is 0 Å². The molecule has 0 fully saturated rings. The van der Waals surface area contributed by atoms with Gasteiger partial charge in [-0.3, -0.25) is 4.79 Å². The van der Waals surface area contributed by atoms with Crippen molar-refractivity contribution in [3.63, 3.8) is 0 Å². The molecule has 0 heterocycles. The lowest BCUT2D eigenvalue weighted by molar-refractivity contribution is 0.112. The second-order valence-corrected chi connectivity index (χ2v) is 5.77. The van der Waals surface area contributed by atoms with Gasteiger partial charge >= 0.3 is 0 Å². The number of fused-ring (bicyclic) bond motifs is 1. The minimum Gasteiger partial charge on any atom is -0.493 e. The molecule has 0 saturated carbocycles. The molecule has 3 aromatic rings. The molecule has 0 N–H and O–H groups in total. The van der Waals surface area contributed by atoms with Crippen molar-refractivity contribution in [3.05, 3.63) is 65.2 Å². The molecule has 0 bridgehead atoms. The first kappa shape index (κ1) is 17.1. The van der Waals surface area contributed by atoms with E-state index in [1.807, 2.05) is 36.4 Å². The maximum atomic E-state index is 10.9. The van der Waals surface area contributed by atoms with Crippen molar-refractivity contribution >= 4 is 28.7 Å². The van der Waals surface area contributed by atoms with Gasteiger partial charge in [-0.1, -0.05) is 41.9 Å². The van der Waals surface area contributed by atoms with Gasteiger partial charge in [-0.15, -0.1) is 0 Å². The highest BCUT2D eigenvalue weighted by Crippen LogP contribution is 2.36. The van der Waals surface area contributed by atoms with Crippen LogP contribution in [0.5, 0.6) is 17.2 Å². The van der Waals surface area contributed by atoms with Crippen LogP contribution in [-0.4, -0.2) is 26.6 Å². The van der Waals surface area contributed by atoms with E-state index in [1.54, 1.807) is 6.07 Å². The van der Waals surface area contributed by atoms with Gasteiger partial charge in [0.05, 0.1) is 12.1 Å². The Morgan fingerprint density at radius 2 is 1.72 bits per heavy atom. The number of carbonyl (C=O) groups is 1. The minimum absolute atomic E-state index is 0.295. The zero-order valence-electron chi connectivity index (χ0n) is 13.7. The number of halogens is 1. The van der Waals surface area contributed by atoms with Crippen LogP contribution in [0.25, 0.3) is 10.8 Å². The van der Waals surface area contributed by atoms with Gasteiger partial charge in [-0.2, -0.15) is 0 Å². The molecular formula is C20H17ClO4. The lowest BCUT2D eigenvalue weighted by Crippen LogP contribution is -2.10. The van der Waals surface area contributed by atoms with Crippen LogP contribution in [0.1, 0.15) is 10.4 Å². The van der Waals surface area contributed by atoms with Crippen molar-refractivity contribution in [2.45, 2.75) is 0 Å². The molecule has 0 amide bonds. The Morgan fingerprint density at radius 3 is 2.48 bits per heavy atom. The molecule has 5 heteroatoms. The molecule has 0 aliphatic heterocycles. The molecule has 0 spiro atoms. The fraction of sp³-hybridized carbons (Fsp3) is 0.150. The SMILES string of the molecule is COc1cc(C=O)cc(Cl)c1OCCOc1ccc2ccccc2c1. The first-order valence-electron chi connectivity index (χ1n) is 7.78. The average molecular weight is 357 g/mol. The van der Waals surface area contributed by atoms with Crippen molar-refractivity contribution in [1.29, 1.82) is 0 Å². The van der Waals surface area contributed by atoms with Crippen molar-refractivity contribution < 1.29 is 19.0 Å². The summed E-state index contributed by atoms with van der Waals surface area (Å²) in [7, 11) is 1.50. The first-order chi connectivity index (χ1) is 12.2. The highest BCUT2D eigenvalue weighted by atomic mass is 35.5. The summed E-state index contributed by atoms with van der Waals surface area (Å²) < 4.78 is 16.6. The first-order valence-corrected chi connectivity index (χ1v) is 8.16. The zero-order valence-corrected chi connectivity index (χ0v) is 14.5. The van der Waals surface area contributed by atoms with E-state index in [4.69, 9.17) is 25.8 Å². The summed E-state index contributed by atoms with van der Waals surface area (Å²) in [6, 6.07) is 17.1. The molecule has 0 aliphatic rings. The van der Waals surface area contributed by atoms with Gasteiger partial charge in [0.1, 0.15) is 25.2 Å². The quantitative estimate of drug-likeness (QED) is 0.451. The van der Waals surface area contributed by atoms with E-state index in [1.165, 1.54) is 13.2 Å². The van der Waals surface area contributed by atoms with E-state index in [-0.39, 0.29) is 0 Å². The second kappa shape index (κ2) is 7.90. The van der Waals surface area contributed by atoms with Crippen LogP contribution in [0.3, 0.4) is 0 Å². The third-order valence-corrected chi connectivity index (χ3v) is 3.99. The maximum Gasteiger partial charge on any atom is 0.179 e. The van der Waals surface area contributed by atoms with Gasteiger partial charge in [0.15, 0.2) is 11.5 Å². The summed E-state index contributed by atoms with van der Waals surface area (Å²) in [4.78, 5) is 10.9. The minimum atomic E-state index is 0.295. The number of rotatable bonds is 7. The third-order valence-electron chi connectivity index (χ3n) is 3.71. The van der Waals surface area contributed by atoms with E-state index < -0.39 is 0 Å². The Hall–Kier alpha value is -2.72. The molecule has 0 saturated heterocycles. The lowest BCUT2D eigenvalue weighted by atomic mass is 10.1. The van der Waals surface area contributed by atoms with Crippen molar-refractivity contribution in [3.8, 4) is 17.2 Å². The normalized spacial score (nSPS) is 10.5. The molecule has 0 unspecified atom stereocenters. The van der Waals surface area contributed by atoms with Gasteiger partial charge in [-0.25, -0.2) is 0 Å². The standard InChI is InChI=1S/C20H17ClO4/c1-23-19-11-14(13-22)10-18(21)20(19)25-9-8-24-17-7-6-15-4-2-3-5-16(15)12-17/h2-7,10-13H,8-9H2,1H3. The average Bonchev–Trinajstić information content (AvgIpc) is 2.65. The number of carbonyl (C=O) groups excluding carboxylic acids is 1. The maximum absolute atomic E-state index is 10.9. The molecular weight excluding hydrogens is 340 g/mol. The Labute approximate surface area is 150 Å². The van der Waals surface area contributed by atoms with E-state index in [2.05, 4.69) is 6.07 Å². The molecule has 0 radical (unpaired) electrons. The van der Waals surface area contributed by atoms with Gasteiger partial charge in [0.2, 0.25) is 0 Å². The largest absolute Gasteiger partial charge is 0.493 e. The number of aldehydes is 1. The number of benzene rings is 3. The molecule has 3 aromatic carbocycles. The van der Waals surface area contributed by atoms with Gasteiger partial charge in [-0.05, 0) is 35.0 Å². The Balaban J connectivity index is 1.62. The van der Waals surface area contributed by atoms with Gasteiger partial charge in [0.25, 0.3) is 0 Å². The monoisotopic (exact) mass is 356 g/mol. The summed E-state index contributed by atoms with van der Waals surface area (Å²) >= 11 is 6.15. The molecule has 0 aromatic heterocycles. The van der Waals surface area contributed by atoms with Crippen LogP contribution in [0.15, 0.2) is 54.6 Å². The lowest BCUT2D eigenvalue weighted by Gasteiger charge is -2.13. The number of hydrogen-bond donors (Lipinski definition) is 0. The van der Waals surface area contributed by atoms with Crippen molar-refractivity contribution in [2.24, 2.45) is 0 Å². The number of ether oxygens (including phenoxy) is 3. The second-order valence-electron chi connectivity index (χ2n) is 5.36. The number of hydrogen-bond acceptors (Lipinski definition) is 4. The van der Waals surface area contributed by atoms with E-state index in [0.717, 1.165) is 16.5 Å². The zero-order chi connectivity index (χ0) is 17.6. The fourth-order valence-electron chi connectivity index (χ4n) is 2.51. The molecule has 3 rings (SSSR count). The predicted molar refractivity (Wildman–Crippen MR) is 98.3 cm³/mol. The van der Waals surface area contributed by atoms with Crippen LogP contribution < -0.4 is 14.2 Å². The van der Waals surface area contributed by atoms with E-state index >= 15 is 0 Å². The predicted octanol–water partition coefficient (Wildman–Crippen LogP) is 4.77. The van der Waals surface area contributed by atoms with Crippen LogP contribution in [0, 0.1) is 0 Å². The van der Waals surface area contributed by atoms with Crippen LogP contribution >= 0.6 is 11.6 Å². The summed E-state index contributed by atoms with van der Waals surface area (Å²) in [6.07, 6.45) is 0.709. The van der Waals surface area contributed by atoms with Crippen LogP contribution in [0.2, 0.25) is 5.02 Å². The fourth-order valence-corrected chi connectivity index (χ4v) is 2.78. The van der Waals surface area contributed by atoms with Gasteiger partial charge < -0.3 is 14.2 Å². The van der Waals surface area contributed by atoms with Gasteiger partial charge in [0, 0.05) is 5.56 Å². The van der Waals surface area contributed by atoms with E-state index in [0.29, 0.717) is 41.6 Å². The summed E-state index contributed by atoms with van der Waals surface area (Å²) in [6.45, 7) is 0.649. The summed E-state index contributed by atoms with van der Waals surface area (Å²) in [5, 5.41) is 2.61. The molecule has 25 heavy (non-hydrogen) atoms. The summed E-state index contributed by atoms with van der Waals surface area (Å²) in [5.41, 5.74) is 0.432. The van der Waals surface area contributed by atoms with Crippen LogP contribution in [-0.2, 0) is 0 Å². The summed E-state index contributed by atoms with van der Waals surface area (Å²) in [5.74, 6) is 1.59. The third kappa shape index (κ3) is 4.03. The highest BCUT2D eigenvalue weighted by Gasteiger charge is 2.12. The number of methoxy groups -OCH3 is 1. The van der Waals surface area contributed by atoms with E-state index in [9.17, 15) is 4.79 Å². The molecule has 0 aliphatic carbocycles. The smallest absolute Gasteiger partial charge is 0.179 e. The Morgan fingerprint density at radius 1 is 0.960 bits per heavy atom. The van der Waals surface area contributed by atoms with Crippen molar-refractivity contribution in [2.75, 3.05) is 20.3 Å². The Bertz CT molecular complexity index is 892. The Kier molecular flexibility index (Phi) is 5.41. The highest BCUT2D eigenvalue weighted by molar-refractivity contribution is 6.32. The topological polar surface area (TPSA) is 44.8 Å². The van der Waals surface area contributed by atoms with Crippen LogP contribution in [0.4, 0.5) is 0 Å². The molecule has 4 nitrogen and oxygen atoms in total.